The first-order valence-corrected chi connectivity index (χ1v) is 6.41. The Kier molecular flexibility index (Phi) is 2.81. The van der Waals surface area contributed by atoms with Crippen molar-refractivity contribution in [2.45, 2.75) is 37.4 Å². The molecule has 1 saturated carbocycles. The fourth-order valence-corrected chi connectivity index (χ4v) is 2.99. The van der Waals surface area contributed by atoms with E-state index in [1.165, 1.54) is 5.56 Å². The summed E-state index contributed by atoms with van der Waals surface area (Å²) >= 11 is 0. The maximum absolute atomic E-state index is 5.83. The maximum Gasteiger partial charge on any atom is 0.168 e. The first-order valence-electron chi connectivity index (χ1n) is 6.41. The third-order valence-electron chi connectivity index (χ3n) is 3.94. The number of hydrogen-bond acceptors (Lipinski definition) is 3. The average Bonchev–Trinajstić information content (AvgIpc) is 2.79. The van der Waals surface area contributed by atoms with Gasteiger partial charge in [-0.1, -0.05) is 12.1 Å². The molecule has 0 aromatic heterocycles. The molecule has 2 aliphatic rings. The van der Waals surface area contributed by atoms with Crippen molar-refractivity contribution in [3.05, 3.63) is 29.8 Å². The molecule has 92 valence electrons. The summed E-state index contributed by atoms with van der Waals surface area (Å²) in [5.41, 5.74) is 8.05. The van der Waals surface area contributed by atoms with Crippen LogP contribution in [0.2, 0.25) is 0 Å². The molecule has 3 rings (SSSR count). The van der Waals surface area contributed by atoms with E-state index in [1.807, 2.05) is 12.1 Å². The molecule has 1 spiro atoms. The molecule has 0 amide bonds. The van der Waals surface area contributed by atoms with Crippen LogP contribution < -0.4 is 5.73 Å². The zero-order valence-electron chi connectivity index (χ0n) is 10.0. The normalized spacial score (nSPS) is 24.2. The number of anilines is 1. The van der Waals surface area contributed by atoms with Crippen molar-refractivity contribution < 1.29 is 9.47 Å². The standard InChI is InChI=1S/C14H19NO2/c15-13-3-1-2-12(10-13)11-4-6-14(7-5-11)16-8-9-17-14/h1-3,10-11H,4-9,15H2. The van der Waals surface area contributed by atoms with Crippen molar-refractivity contribution >= 4 is 5.69 Å². The molecule has 2 N–H and O–H groups in total. The largest absolute Gasteiger partial charge is 0.399 e. The second kappa shape index (κ2) is 4.31. The van der Waals surface area contributed by atoms with Crippen molar-refractivity contribution in [3.63, 3.8) is 0 Å². The van der Waals surface area contributed by atoms with E-state index in [0.717, 1.165) is 44.6 Å². The Morgan fingerprint density at radius 1 is 1.12 bits per heavy atom. The quantitative estimate of drug-likeness (QED) is 0.758. The van der Waals surface area contributed by atoms with E-state index in [0.29, 0.717) is 5.92 Å². The van der Waals surface area contributed by atoms with Crippen molar-refractivity contribution in [1.82, 2.24) is 0 Å². The Balaban J connectivity index is 1.68. The lowest BCUT2D eigenvalue weighted by Gasteiger charge is -2.35. The second-order valence-corrected chi connectivity index (χ2v) is 5.05. The molecule has 0 bridgehead atoms. The summed E-state index contributed by atoms with van der Waals surface area (Å²) in [7, 11) is 0. The number of hydrogen-bond donors (Lipinski definition) is 1. The Morgan fingerprint density at radius 3 is 2.47 bits per heavy atom. The lowest BCUT2D eigenvalue weighted by Crippen LogP contribution is -2.34. The summed E-state index contributed by atoms with van der Waals surface area (Å²) in [6.07, 6.45) is 4.27. The van der Waals surface area contributed by atoms with Gasteiger partial charge in [-0.25, -0.2) is 0 Å². The highest BCUT2D eigenvalue weighted by Gasteiger charge is 2.40. The highest BCUT2D eigenvalue weighted by Crippen LogP contribution is 2.42. The van der Waals surface area contributed by atoms with Crippen molar-refractivity contribution in [3.8, 4) is 0 Å². The summed E-state index contributed by atoms with van der Waals surface area (Å²) in [5, 5.41) is 0. The summed E-state index contributed by atoms with van der Waals surface area (Å²) < 4.78 is 11.5. The van der Waals surface area contributed by atoms with Crippen LogP contribution >= 0.6 is 0 Å². The summed E-state index contributed by atoms with van der Waals surface area (Å²) in [6, 6.07) is 8.25. The molecule has 3 nitrogen and oxygen atoms in total. The van der Waals surface area contributed by atoms with Gasteiger partial charge in [0.1, 0.15) is 0 Å². The van der Waals surface area contributed by atoms with Crippen LogP contribution in [-0.2, 0) is 9.47 Å². The zero-order chi connectivity index (χ0) is 11.7. The van der Waals surface area contributed by atoms with E-state index >= 15 is 0 Å². The summed E-state index contributed by atoms with van der Waals surface area (Å²) in [5.74, 6) is 0.355. The minimum absolute atomic E-state index is 0.253. The number of nitrogen functional groups attached to an aromatic ring is 1. The van der Waals surface area contributed by atoms with Crippen LogP contribution in [0.25, 0.3) is 0 Å². The molecule has 1 heterocycles. The third kappa shape index (κ3) is 2.17. The Morgan fingerprint density at radius 2 is 1.82 bits per heavy atom. The van der Waals surface area contributed by atoms with Gasteiger partial charge >= 0.3 is 0 Å². The molecule has 1 aromatic rings. The van der Waals surface area contributed by atoms with Crippen LogP contribution in [0.4, 0.5) is 5.69 Å². The first kappa shape index (κ1) is 11.1. The monoisotopic (exact) mass is 233 g/mol. The van der Waals surface area contributed by atoms with E-state index in [4.69, 9.17) is 15.2 Å². The van der Waals surface area contributed by atoms with Crippen molar-refractivity contribution in [1.29, 1.82) is 0 Å². The van der Waals surface area contributed by atoms with Crippen molar-refractivity contribution in [2.75, 3.05) is 18.9 Å². The van der Waals surface area contributed by atoms with E-state index < -0.39 is 0 Å². The van der Waals surface area contributed by atoms with Gasteiger partial charge in [-0.3, -0.25) is 0 Å². The molecular formula is C14H19NO2. The fourth-order valence-electron chi connectivity index (χ4n) is 2.99. The minimum atomic E-state index is -0.253. The molecule has 0 atom stereocenters. The minimum Gasteiger partial charge on any atom is -0.399 e. The molecule has 17 heavy (non-hydrogen) atoms. The van der Waals surface area contributed by atoms with E-state index in [9.17, 15) is 0 Å². The molecule has 1 aliphatic carbocycles. The van der Waals surface area contributed by atoms with Crippen LogP contribution in [0.5, 0.6) is 0 Å². The average molecular weight is 233 g/mol. The Bertz CT molecular complexity index is 389. The van der Waals surface area contributed by atoms with E-state index in [-0.39, 0.29) is 5.79 Å². The smallest absolute Gasteiger partial charge is 0.168 e. The van der Waals surface area contributed by atoms with Gasteiger partial charge in [0.25, 0.3) is 0 Å². The zero-order valence-corrected chi connectivity index (χ0v) is 10.0. The molecule has 1 aromatic carbocycles. The predicted octanol–water partition coefficient (Wildman–Crippen LogP) is 2.67. The van der Waals surface area contributed by atoms with E-state index in [1.54, 1.807) is 0 Å². The molecule has 2 fully saturated rings. The predicted molar refractivity (Wildman–Crippen MR) is 66.7 cm³/mol. The number of rotatable bonds is 1. The van der Waals surface area contributed by atoms with Crippen molar-refractivity contribution in [2.24, 2.45) is 0 Å². The SMILES string of the molecule is Nc1cccc(C2CCC3(CC2)OCCO3)c1. The highest BCUT2D eigenvalue weighted by atomic mass is 16.7. The van der Waals surface area contributed by atoms with Gasteiger partial charge in [-0.2, -0.15) is 0 Å². The van der Waals surface area contributed by atoms with E-state index in [2.05, 4.69) is 12.1 Å². The molecule has 0 radical (unpaired) electrons. The van der Waals surface area contributed by atoms with Gasteiger partial charge in [-0.15, -0.1) is 0 Å². The van der Waals surface area contributed by atoms with Gasteiger partial charge < -0.3 is 15.2 Å². The number of nitrogens with two attached hydrogens (primary N) is 1. The van der Waals surface area contributed by atoms with Gasteiger partial charge in [0, 0.05) is 18.5 Å². The van der Waals surface area contributed by atoms with Crippen LogP contribution in [0.3, 0.4) is 0 Å². The van der Waals surface area contributed by atoms with Crippen LogP contribution in [0, 0.1) is 0 Å². The van der Waals surface area contributed by atoms with Gasteiger partial charge in [0.2, 0.25) is 0 Å². The topological polar surface area (TPSA) is 44.5 Å². The van der Waals surface area contributed by atoms with Gasteiger partial charge in [0.05, 0.1) is 13.2 Å². The second-order valence-electron chi connectivity index (χ2n) is 5.05. The van der Waals surface area contributed by atoms with Crippen LogP contribution in [0.1, 0.15) is 37.2 Å². The molecule has 3 heteroatoms. The highest BCUT2D eigenvalue weighted by molar-refractivity contribution is 5.41. The van der Waals surface area contributed by atoms with Gasteiger partial charge in [-0.05, 0) is 36.5 Å². The summed E-state index contributed by atoms with van der Waals surface area (Å²) in [4.78, 5) is 0. The number of ether oxygens (including phenoxy) is 2. The molecule has 1 saturated heterocycles. The number of benzene rings is 1. The molecular weight excluding hydrogens is 214 g/mol. The lowest BCUT2D eigenvalue weighted by molar-refractivity contribution is -0.178. The van der Waals surface area contributed by atoms with Gasteiger partial charge in [0.15, 0.2) is 5.79 Å². The third-order valence-corrected chi connectivity index (χ3v) is 3.94. The Hall–Kier alpha value is -1.06. The Labute approximate surface area is 102 Å². The lowest BCUT2D eigenvalue weighted by atomic mass is 9.81. The van der Waals surface area contributed by atoms with Crippen LogP contribution in [0.15, 0.2) is 24.3 Å². The first-order chi connectivity index (χ1) is 8.27. The fraction of sp³-hybridized carbons (Fsp3) is 0.571. The van der Waals surface area contributed by atoms with Crippen LogP contribution in [-0.4, -0.2) is 19.0 Å². The summed E-state index contributed by atoms with van der Waals surface area (Å²) in [6.45, 7) is 1.51. The maximum atomic E-state index is 5.83. The molecule has 0 unspecified atom stereocenters. The molecule has 1 aliphatic heterocycles.